The van der Waals surface area contributed by atoms with Crippen LogP contribution >= 0.6 is 0 Å². The maximum atomic E-state index is 3.82. The largest absolute Gasteiger partial charge is 0.308 e. The molecule has 1 N–H and O–H groups in total. The Labute approximate surface area is 101 Å². The van der Waals surface area contributed by atoms with E-state index in [1.54, 1.807) is 0 Å². The van der Waals surface area contributed by atoms with Crippen LogP contribution in [0.5, 0.6) is 0 Å². The van der Waals surface area contributed by atoms with E-state index in [0.717, 1.165) is 12.0 Å². The molecule has 0 spiro atoms. The smallest absolute Gasteiger partial charge is 0.0309 e. The van der Waals surface area contributed by atoms with Crippen molar-refractivity contribution in [3.05, 3.63) is 0 Å². The summed E-state index contributed by atoms with van der Waals surface area (Å²) in [6, 6.07) is 0.776. The minimum Gasteiger partial charge on any atom is -0.308 e. The van der Waals surface area contributed by atoms with Crippen LogP contribution in [0.1, 0.15) is 52.9 Å². The van der Waals surface area contributed by atoms with Crippen LogP contribution in [-0.4, -0.2) is 36.1 Å². The highest BCUT2D eigenvalue weighted by Crippen LogP contribution is 2.41. The lowest BCUT2D eigenvalue weighted by Crippen LogP contribution is -2.63. The van der Waals surface area contributed by atoms with Crippen molar-refractivity contribution in [1.29, 1.82) is 0 Å². The van der Waals surface area contributed by atoms with Crippen LogP contribution in [0, 0.1) is 5.92 Å². The van der Waals surface area contributed by atoms with Crippen molar-refractivity contribution in [2.45, 2.75) is 64.5 Å². The second-order valence-corrected chi connectivity index (χ2v) is 5.96. The maximum Gasteiger partial charge on any atom is 0.0309 e. The first-order valence-corrected chi connectivity index (χ1v) is 7.18. The summed E-state index contributed by atoms with van der Waals surface area (Å²) in [6.45, 7) is 10.8. The fourth-order valence-electron chi connectivity index (χ4n) is 3.11. The van der Waals surface area contributed by atoms with Gasteiger partial charge in [0.1, 0.15) is 0 Å². The molecule has 2 rings (SSSR count). The number of hydrogen-bond donors (Lipinski definition) is 1. The zero-order chi connectivity index (χ0) is 11.6. The molecule has 2 heteroatoms. The first kappa shape index (κ1) is 12.4. The second kappa shape index (κ2) is 5.05. The molecule has 1 aliphatic heterocycles. The molecule has 94 valence electrons. The van der Waals surface area contributed by atoms with E-state index >= 15 is 0 Å². The van der Waals surface area contributed by atoms with E-state index in [2.05, 4.69) is 31.0 Å². The molecule has 0 aromatic carbocycles. The molecule has 2 nitrogen and oxygen atoms in total. The molecule has 16 heavy (non-hydrogen) atoms. The standard InChI is InChI=1S/C14H28N2/c1-4-6-9-16-11-14(3,12-7-8-12)15-10-13(16)5-2/h12-13,15H,4-11H2,1-3H3. The van der Waals surface area contributed by atoms with Crippen molar-refractivity contribution in [2.24, 2.45) is 5.92 Å². The topological polar surface area (TPSA) is 15.3 Å². The third-order valence-corrected chi connectivity index (χ3v) is 4.54. The van der Waals surface area contributed by atoms with Crippen molar-refractivity contribution in [3.8, 4) is 0 Å². The average molecular weight is 224 g/mol. The van der Waals surface area contributed by atoms with Gasteiger partial charge in [-0.1, -0.05) is 20.3 Å². The zero-order valence-electron chi connectivity index (χ0n) is 11.3. The van der Waals surface area contributed by atoms with Gasteiger partial charge in [-0.2, -0.15) is 0 Å². The Bertz CT molecular complexity index is 225. The van der Waals surface area contributed by atoms with E-state index in [0.29, 0.717) is 5.54 Å². The zero-order valence-corrected chi connectivity index (χ0v) is 11.3. The van der Waals surface area contributed by atoms with Gasteiger partial charge in [-0.3, -0.25) is 4.90 Å². The molecule has 2 unspecified atom stereocenters. The van der Waals surface area contributed by atoms with Crippen LogP contribution in [0.3, 0.4) is 0 Å². The predicted octanol–water partition coefficient (Wildman–Crippen LogP) is 2.64. The lowest BCUT2D eigenvalue weighted by Gasteiger charge is -2.46. The average Bonchev–Trinajstić information content (AvgIpc) is 3.10. The van der Waals surface area contributed by atoms with Gasteiger partial charge in [0.2, 0.25) is 0 Å². The summed E-state index contributed by atoms with van der Waals surface area (Å²) in [5.74, 6) is 0.953. The normalized spacial score (nSPS) is 36.6. The summed E-state index contributed by atoms with van der Waals surface area (Å²) >= 11 is 0. The number of hydrogen-bond acceptors (Lipinski definition) is 2. The van der Waals surface area contributed by atoms with Gasteiger partial charge < -0.3 is 5.32 Å². The summed E-state index contributed by atoms with van der Waals surface area (Å²) in [7, 11) is 0. The van der Waals surface area contributed by atoms with E-state index in [9.17, 15) is 0 Å². The number of nitrogens with zero attached hydrogens (tertiary/aromatic N) is 1. The van der Waals surface area contributed by atoms with E-state index in [4.69, 9.17) is 0 Å². The Morgan fingerprint density at radius 2 is 2.06 bits per heavy atom. The van der Waals surface area contributed by atoms with E-state index in [1.807, 2.05) is 0 Å². The maximum absolute atomic E-state index is 3.82. The highest BCUT2D eigenvalue weighted by Gasteiger charge is 2.45. The molecular formula is C14H28N2. The van der Waals surface area contributed by atoms with Crippen LogP contribution in [0.4, 0.5) is 0 Å². The Kier molecular flexibility index (Phi) is 3.91. The van der Waals surface area contributed by atoms with Crippen LogP contribution < -0.4 is 5.32 Å². The van der Waals surface area contributed by atoms with Crippen molar-refractivity contribution in [1.82, 2.24) is 10.2 Å². The summed E-state index contributed by atoms with van der Waals surface area (Å²) in [5, 5.41) is 3.82. The molecule has 0 aromatic rings. The van der Waals surface area contributed by atoms with E-state index in [-0.39, 0.29) is 0 Å². The number of piperazine rings is 1. The van der Waals surface area contributed by atoms with Crippen molar-refractivity contribution in [2.75, 3.05) is 19.6 Å². The van der Waals surface area contributed by atoms with Gasteiger partial charge in [-0.15, -0.1) is 0 Å². The molecule has 2 atom stereocenters. The first-order valence-electron chi connectivity index (χ1n) is 7.18. The monoisotopic (exact) mass is 224 g/mol. The summed E-state index contributed by atoms with van der Waals surface area (Å²) in [6.07, 6.45) is 6.86. The van der Waals surface area contributed by atoms with Crippen LogP contribution in [0.25, 0.3) is 0 Å². The summed E-state index contributed by atoms with van der Waals surface area (Å²) < 4.78 is 0. The molecule has 0 bridgehead atoms. The fourth-order valence-corrected chi connectivity index (χ4v) is 3.11. The van der Waals surface area contributed by atoms with Gasteiger partial charge in [-0.05, 0) is 45.1 Å². The third-order valence-electron chi connectivity index (χ3n) is 4.54. The van der Waals surface area contributed by atoms with Gasteiger partial charge in [-0.25, -0.2) is 0 Å². The first-order chi connectivity index (χ1) is 7.69. The molecule has 0 amide bonds. The predicted molar refractivity (Wildman–Crippen MR) is 69.7 cm³/mol. The minimum absolute atomic E-state index is 0.416. The van der Waals surface area contributed by atoms with Crippen molar-refractivity contribution in [3.63, 3.8) is 0 Å². The highest BCUT2D eigenvalue weighted by molar-refractivity contribution is 5.03. The SMILES string of the molecule is CCCCN1CC(C)(C2CC2)NCC1CC. The molecule has 2 aliphatic rings. The van der Waals surface area contributed by atoms with E-state index < -0.39 is 0 Å². The summed E-state index contributed by atoms with van der Waals surface area (Å²) in [5.41, 5.74) is 0.416. The Balaban J connectivity index is 1.93. The Morgan fingerprint density at radius 3 is 2.62 bits per heavy atom. The molecule has 0 radical (unpaired) electrons. The van der Waals surface area contributed by atoms with Gasteiger partial charge >= 0.3 is 0 Å². The molecule has 1 saturated heterocycles. The molecule has 2 fully saturated rings. The van der Waals surface area contributed by atoms with Gasteiger partial charge in [0.15, 0.2) is 0 Å². The Hall–Kier alpha value is -0.0800. The van der Waals surface area contributed by atoms with Crippen molar-refractivity contribution < 1.29 is 0 Å². The van der Waals surface area contributed by atoms with Crippen LogP contribution in [0.15, 0.2) is 0 Å². The minimum atomic E-state index is 0.416. The van der Waals surface area contributed by atoms with Crippen LogP contribution in [-0.2, 0) is 0 Å². The van der Waals surface area contributed by atoms with Gasteiger partial charge in [0.05, 0.1) is 0 Å². The number of nitrogens with one attached hydrogen (secondary N) is 1. The van der Waals surface area contributed by atoms with Gasteiger partial charge in [0, 0.05) is 24.7 Å². The van der Waals surface area contributed by atoms with Crippen LogP contribution in [0.2, 0.25) is 0 Å². The Morgan fingerprint density at radius 1 is 1.31 bits per heavy atom. The highest BCUT2D eigenvalue weighted by atomic mass is 15.3. The number of unbranched alkanes of at least 4 members (excludes halogenated alkanes) is 1. The molecule has 0 aromatic heterocycles. The number of rotatable bonds is 5. The molecule has 1 saturated carbocycles. The fraction of sp³-hybridized carbons (Fsp3) is 1.00. The third kappa shape index (κ3) is 2.60. The lowest BCUT2D eigenvalue weighted by molar-refractivity contribution is 0.0718. The van der Waals surface area contributed by atoms with E-state index in [1.165, 1.54) is 51.7 Å². The lowest BCUT2D eigenvalue weighted by atomic mass is 9.90. The van der Waals surface area contributed by atoms with Gasteiger partial charge in [0.25, 0.3) is 0 Å². The van der Waals surface area contributed by atoms with Crippen molar-refractivity contribution >= 4 is 0 Å². The second-order valence-electron chi connectivity index (χ2n) is 5.96. The quantitative estimate of drug-likeness (QED) is 0.772. The molecule has 1 heterocycles. The molecular weight excluding hydrogens is 196 g/mol. The summed E-state index contributed by atoms with van der Waals surface area (Å²) in [4.78, 5) is 2.75. The molecule has 1 aliphatic carbocycles.